The fraction of sp³-hybridized carbons (Fsp3) is 0.312. The predicted molar refractivity (Wildman–Crippen MR) is 75.8 cm³/mol. The SMILES string of the molecule is Fc1cccc(-c2ccc(NCC3CC3)c(C(F)(F)F)n2)c1. The number of pyridine rings is 1. The number of rotatable bonds is 4. The number of hydrogen-bond donors (Lipinski definition) is 1. The Morgan fingerprint density at radius 1 is 1.14 bits per heavy atom. The van der Waals surface area contributed by atoms with Crippen molar-refractivity contribution in [3.63, 3.8) is 0 Å². The molecule has 116 valence electrons. The second-order valence-electron chi connectivity index (χ2n) is 5.43. The molecule has 0 unspecified atom stereocenters. The van der Waals surface area contributed by atoms with Gasteiger partial charge in [0.1, 0.15) is 5.82 Å². The monoisotopic (exact) mass is 310 g/mol. The van der Waals surface area contributed by atoms with Crippen LogP contribution < -0.4 is 5.32 Å². The highest BCUT2D eigenvalue weighted by Gasteiger charge is 2.36. The van der Waals surface area contributed by atoms with Gasteiger partial charge in [-0.1, -0.05) is 12.1 Å². The maximum absolute atomic E-state index is 13.2. The van der Waals surface area contributed by atoms with Crippen LogP contribution in [0.15, 0.2) is 36.4 Å². The van der Waals surface area contributed by atoms with Crippen molar-refractivity contribution in [1.29, 1.82) is 0 Å². The van der Waals surface area contributed by atoms with Crippen LogP contribution >= 0.6 is 0 Å². The fourth-order valence-electron chi connectivity index (χ4n) is 2.20. The van der Waals surface area contributed by atoms with Gasteiger partial charge in [0.15, 0.2) is 5.69 Å². The van der Waals surface area contributed by atoms with Crippen LogP contribution in [0, 0.1) is 11.7 Å². The third-order valence-electron chi connectivity index (χ3n) is 3.56. The van der Waals surface area contributed by atoms with E-state index in [4.69, 9.17) is 0 Å². The van der Waals surface area contributed by atoms with Crippen molar-refractivity contribution in [2.45, 2.75) is 19.0 Å². The molecule has 3 rings (SSSR count). The van der Waals surface area contributed by atoms with E-state index in [-0.39, 0.29) is 11.4 Å². The standard InChI is InChI=1S/C16H14F4N2/c17-12-3-1-2-11(8-12)13-6-7-14(21-9-10-4-5-10)15(22-13)16(18,19)20/h1-3,6-8,10,21H,4-5,9H2. The van der Waals surface area contributed by atoms with Gasteiger partial charge in [0, 0.05) is 12.1 Å². The number of nitrogens with zero attached hydrogens (tertiary/aromatic N) is 1. The third kappa shape index (κ3) is 3.37. The molecular formula is C16H14F4N2. The van der Waals surface area contributed by atoms with Crippen LogP contribution in [-0.2, 0) is 6.18 Å². The van der Waals surface area contributed by atoms with E-state index >= 15 is 0 Å². The number of nitrogens with one attached hydrogen (secondary N) is 1. The lowest BCUT2D eigenvalue weighted by Crippen LogP contribution is -2.15. The first-order chi connectivity index (χ1) is 10.4. The van der Waals surface area contributed by atoms with Crippen molar-refractivity contribution in [2.75, 3.05) is 11.9 Å². The second kappa shape index (κ2) is 5.59. The van der Waals surface area contributed by atoms with Crippen LogP contribution in [0.5, 0.6) is 0 Å². The summed E-state index contributed by atoms with van der Waals surface area (Å²) < 4.78 is 52.8. The molecule has 2 nitrogen and oxygen atoms in total. The van der Waals surface area contributed by atoms with Gasteiger partial charge in [-0.15, -0.1) is 0 Å². The summed E-state index contributed by atoms with van der Waals surface area (Å²) in [6, 6.07) is 8.21. The first-order valence-electron chi connectivity index (χ1n) is 7.01. The maximum Gasteiger partial charge on any atom is 0.435 e. The molecule has 1 fully saturated rings. The van der Waals surface area contributed by atoms with Crippen molar-refractivity contribution in [3.8, 4) is 11.3 Å². The molecule has 2 aromatic rings. The summed E-state index contributed by atoms with van der Waals surface area (Å²) in [6.07, 6.45) is -2.47. The lowest BCUT2D eigenvalue weighted by atomic mass is 10.1. The highest BCUT2D eigenvalue weighted by molar-refractivity contribution is 5.63. The molecule has 0 spiro atoms. The second-order valence-corrected chi connectivity index (χ2v) is 5.43. The number of halogens is 4. The van der Waals surface area contributed by atoms with E-state index in [0.29, 0.717) is 18.0 Å². The zero-order chi connectivity index (χ0) is 15.7. The molecule has 0 saturated heterocycles. The van der Waals surface area contributed by atoms with E-state index in [0.717, 1.165) is 12.8 Å². The van der Waals surface area contributed by atoms with Crippen LogP contribution in [0.3, 0.4) is 0 Å². The van der Waals surface area contributed by atoms with E-state index in [9.17, 15) is 17.6 Å². The maximum atomic E-state index is 13.2. The third-order valence-corrected chi connectivity index (χ3v) is 3.56. The van der Waals surface area contributed by atoms with Gasteiger partial charge in [0.25, 0.3) is 0 Å². The molecule has 0 bridgehead atoms. The van der Waals surface area contributed by atoms with Gasteiger partial charge in [-0.3, -0.25) is 0 Å². The molecule has 1 aliphatic rings. The fourth-order valence-corrected chi connectivity index (χ4v) is 2.20. The van der Waals surface area contributed by atoms with E-state index in [1.54, 1.807) is 0 Å². The molecule has 1 aromatic carbocycles. The molecule has 1 heterocycles. The van der Waals surface area contributed by atoms with Gasteiger partial charge in [-0.05, 0) is 43.0 Å². The number of aromatic nitrogens is 1. The molecule has 1 saturated carbocycles. The Morgan fingerprint density at radius 3 is 2.55 bits per heavy atom. The summed E-state index contributed by atoms with van der Waals surface area (Å²) in [5.74, 6) is -0.0622. The normalized spacial score (nSPS) is 14.9. The van der Waals surface area contributed by atoms with Crippen molar-refractivity contribution >= 4 is 5.69 Å². The van der Waals surface area contributed by atoms with E-state index in [1.165, 1.54) is 36.4 Å². The smallest absolute Gasteiger partial charge is 0.383 e. The van der Waals surface area contributed by atoms with Gasteiger partial charge in [0.2, 0.25) is 0 Å². The lowest BCUT2D eigenvalue weighted by molar-refractivity contribution is -0.140. The molecule has 1 N–H and O–H groups in total. The van der Waals surface area contributed by atoms with Gasteiger partial charge in [-0.25, -0.2) is 9.37 Å². The van der Waals surface area contributed by atoms with Crippen molar-refractivity contribution in [2.24, 2.45) is 5.92 Å². The average molecular weight is 310 g/mol. The summed E-state index contributed by atoms with van der Waals surface area (Å²) >= 11 is 0. The summed E-state index contributed by atoms with van der Waals surface area (Å²) in [6.45, 7) is 0.518. The Hall–Kier alpha value is -2.11. The van der Waals surface area contributed by atoms with E-state index < -0.39 is 17.7 Å². The first-order valence-corrected chi connectivity index (χ1v) is 7.01. The van der Waals surface area contributed by atoms with Gasteiger partial charge in [-0.2, -0.15) is 13.2 Å². The van der Waals surface area contributed by atoms with Crippen molar-refractivity contribution in [1.82, 2.24) is 4.98 Å². The lowest BCUT2D eigenvalue weighted by Gasteiger charge is -2.15. The Labute approximate surface area is 125 Å². The van der Waals surface area contributed by atoms with Crippen LogP contribution in [-0.4, -0.2) is 11.5 Å². The summed E-state index contributed by atoms with van der Waals surface area (Å²) in [5, 5.41) is 2.82. The van der Waals surface area contributed by atoms with E-state index in [1.807, 2.05) is 0 Å². The largest absolute Gasteiger partial charge is 0.435 e. The first kappa shape index (κ1) is 14.8. The predicted octanol–water partition coefficient (Wildman–Crippen LogP) is 4.73. The van der Waals surface area contributed by atoms with Gasteiger partial charge < -0.3 is 5.32 Å². The number of benzene rings is 1. The summed E-state index contributed by atoms with van der Waals surface area (Å²) in [4.78, 5) is 3.70. The van der Waals surface area contributed by atoms with Crippen molar-refractivity contribution in [3.05, 3.63) is 47.9 Å². The van der Waals surface area contributed by atoms with Crippen LogP contribution in [0.25, 0.3) is 11.3 Å². The average Bonchev–Trinajstić information content (AvgIpc) is 3.28. The van der Waals surface area contributed by atoms with Crippen LogP contribution in [0.2, 0.25) is 0 Å². The quantitative estimate of drug-likeness (QED) is 0.826. The Morgan fingerprint density at radius 2 is 1.91 bits per heavy atom. The molecule has 0 radical (unpaired) electrons. The minimum atomic E-state index is -4.56. The zero-order valence-electron chi connectivity index (χ0n) is 11.6. The van der Waals surface area contributed by atoms with Crippen LogP contribution in [0.1, 0.15) is 18.5 Å². The number of anilines is 1. The van der Waals surface area contributed by atoms with E-state index in [2.05, 4.69) is 10.3 Å². The molecular weight excluding hydrogens is 296 g/mol. The molecule has 6 heteroatoms. The molecule has 0 atom stereocenters. The van der Waals surface area contributed by atoms with Gasteiger partial charge >= 0.3 is 6.18 Å². The summed E-state index contributed by atoms with van der Waals surface area (Å²) in [5.41, 5.74) is -0.572. The Kier molecular flexibility index (Phi) is 3.76. The molecule has 22 heavy (non-hydrogen) atoms. The molecule has 1 aromatic heterocycles. The number of hydrogen-bond acceptors (Lipinski definition) is 2. The Bertz CT molecular complexity index is 678. The molecule has 0 amide bonds. The minimum Gasteiger partial charge on any atom is -0.383 e. The highest BCUT2D eigenvalue weighted by atomic mass is 19.4. The van der Waals surface area contributed by atoms with Gasteiger partial charge in [0.05, 0.1) is 11.4 Å². The minimum absolute atomic E-state index is 0.0282. The Balaban J connectivity index is 1.95. The topological polar surface area (TPSA) is 24.9 Å². The number of alkyl halides is 3. The van der Waals surface area contributed by atoms with Crippen molar-refractivity contribution < 1.29 is 17.6 Å². The highest BCUT2D eigenvalue weighted by Crippen LogP contribution is 2.36. The molecule has 0 aliphatic heterocycles. The van der Waals surface area contributed by atoms with Crippen LogP contribution in [0.4, 0.5) is 23.2 Å². The zero-order valence-corrected chi connectivity index (χ0v) is 11.6. The molecule has 1 aliphatic carbocycles. The summed E-state index contributed by atoms with van der Waals surface area (Å²) in [7, 11) is 0.